The van der Waals surface area contributed by atoms with E-state index in [9.17, 15) is 4.79 Å². The van der Waals surface area contributed by atoms with E-state index in [2.05, 4.69) is 22.4 Å². The fourth-order valence-electron chi connectivity index (χ4n) is 3.99. The Labute approximate surface area is 182 Å². The van der Waals surface area contributed by atoms with Crippen molar-refractivity contribution >= 4 is 16.8 Å². The number of pyridine rings is 1. The predicted octanol–water partition coefficient (Wildman–Crippen LogP) is 4.44. The number of para-hydroxylation sites is 1. The maximum Gasteiger partial charge on any atom is 0.252 e. The van der Waals surface area contributed by atoms with E-state index in [0.29, 0.717) is 5.56 Å². The summed E-state index contributed by atoms with van der Waals surface area (Å²) in [5.74, 6) is -0.128. The van der Waals surface area contributed by atoms with Gasteiger partial charge in [-0.2, -0.15) is 10.2 Å². The summed E-state index contributed by atoms with van der Waals surface area (Å²) in [6.45, 7) is 11.7. The molecule has 1 unspecified atom stereocenters. The third-order valence-electron chi connectivity index (χ3n) is 5.76. The number of fused-ring (bicyclic) bond motifs is 1. The maximum absolute atomic E-state index is 13.4. The van der Waals surface area contributed by atoms with Crippen molar-refractivity contribution in [3.63, 3.8) is 0 Å². The Balaban J connectivity index is 1.74. The van der Waals surface area contributed by atoms with Gasteiger partial charge in [0.1, 0.15) is 0 Å². The number of hydrogen-bond donors (Lipinski definition) is 1. The standard InChI is InChI=1S/C24H28N6O/c1-6-29-14-21(16(4)28-29)15(3)26-24(31)19-12-23(20-13-25-30(7-2)17(20)5)27-22-11-9-8-10-18(19)22/h8-15H,6-7H2,1-5H3,(H,26,31). The number of benzene rings is 1. The van der Waals surface area contributed by atoms with Crippen LogP contribution in [0.5, 0.6) is 0 Å². The zero-order chi connectivity index (χ0) is 22.1. The average molecular weight is 417 g/mol. The van der Waals surface area contributed by atoms with Crippen LogP contribution in [0.15, 0.2) is 42.7 Å². The molecule has 7 heteroatoms. The van der Waals surface area contributed by atoms with Crippen molar-refractivity contribution in [2.24, 2.45) is 0 Å². The second-order valence-corrected chi connectivity index (χ2v) is 7.75. The van der Waals surface area contributed by atoms with Crippen molar-refractivity contribution in [1.82, 2.24) is 29.9 Å². The van der Waals surface area contributed by atoms with E-state index in [1.807, 2.05) is 79.8 Å². The first kappa shape index (κ1) is 20.8. The van der Waals surface area contributed by atoms with Crippen LogP contribution < -0.4 is 5.32 Å². The van der Waals surface area contributed by atoms with Gasteiger partial charge in [-0.05, 0) is 46.8 Å². The van der Waals surface area contributed by atoms with Gasteiger partial charge < -0.3 is 5.32 Å². The summed E-state index contributed by atoms with van der Waals surface area (Å²) in [6, 6.07) is 9.46. The van der Waals surface area contributed by atoms with Gasteiger partial charge in [0.05, 0.1) is 34.7 Å². The lowest BCUT2D eigenvalue weighted by molar-refractivity contribution is 0.0941. The summed E-state index contributed by atoms with van der Waals surface area (Å²) >= 11 is 0. The number of carbonyl (C=O) groups excluding carboxylic acids is 1. The second-order valence-electron chi connectivity index (χ2n) is 7.75. The van der Waals surface area contributed by atoms with Gasteiger partial charge in [0.2, 0.25) is 0 Å². The lowest BCUT2D eigenvalue weighted by Gasteiger charge is -2.15. The summed E-state index contributed by atoms with van der Waals surface area (Å²) in [6.07, 6.45) is 3.82. The third-order valence-corrected chi connectivity index (χ3v) is 5.76. The molecule has 1 amide bonds. The largest absolute Gasteiger partial charge is 0.345 e. The number of aromatic nitrogens is 5. The quantitative estimate of drug-likeness (QED) is 0.504. The molecule has 0 fully saturated rings. The first-order valence-corrected chi connectivity index (χ1v) is 10.7. The Bertz CT molecular complexity index is 1250. The Hall–Kier alpha value is -3.48. The van der Waals surface area contributed by atoms with Crippen LogP contribution in [0, 0.1) is 13.8 Å². The Morgan fingerprint density at radius 2 is 1.94 bits per heavy atom. The molecule has 4 rings (SSSR count). The molecule has 31 heavy (non-hydrogen) atoms. The highest BCUT2D eigenvalue weighted by atomic mass is 16.1. The third kappa shape index (κ3) is 3.83. The van der Waals surface area contributed by atoms with Crippen molar-refractivity contribution in [3.05, 3.63) is 65.2 Å². The van der Waals surface area contributed by atoms with Gasteiger partial charge >= 0.3 is 0 Å². The molecule has 160 valence electrons. The van der Waals surface area contributed by atoms with Gasteiger partial charge in [-0.3, -0.25) is 14.2 Å². The minimum absolute atomic E-state index is 0.128. The number of aryl methyl sites for hydroxylation is 3. The number of amides is 1. The zero-order valence-electron chi connectivity index (χ0n) is 18.7. The Morgan fingerprint density at radius 3 is 2.61 bits per heavy atom. The van der Waals surface area contributed by atoms with E-state index in [-0.39, 0.29) is 11.9 Å². The molecule has 0 aliphatic heterocycles. The number of nitrogens with one attached hydrogen (secondary N) is 1. The lowest BCUT2D eigenvalue weighted by Crippen LogP contribution is -2.27. The van der Waals surface area contributed by atoms with E-state index < -0.39 is 0 Å². The highest BCUT2D eigenvalue weighted by Gasteiger charge is 2.20. The van der Waals surface area contributed by atoms with Crippen molar-refractivity contribution in [2.45, 2.75) is 53.8 Å². The van der Waals surface area contributed by atoms with Crippen LogP contribution in [0.2, 0.25) is 0 Å². The number of rotatable bonds is 6. The monoisotopic (exact) mass is 416 g/mol. The van der Waals surface area contributed by atoms with E-state index in [0.717, 1.165) is 52.2 Å². The molecule has 1 atom stereocenters. The van der Waals surface area contributed by atoms with Crippen LogP contribution in [0.25, 0.3) is 22.2 Å². The van der Waals surface area contributed by atoms with Crippen LogP contribution in [-0.4, -0.2) is 30.5 Å². The number of carbonyl (C=O) groups is 1. The summed E-state index contributed by atoms with van der Waals surface area (Å²) in [4.78, 5) is 18.2. The van der Waals surface area contributed by atoms with Crippen LogP contribution in [0.3, 0.4) is 0 Å². The molecule has 0 aliphatic carbocycles. The van der Waals surface area contributed by atoms with Crippen molar-refractivity contribution in [1.29, 1.82) is 0 Å². The normalized spacial score (nSPS) is 12.3. The Kier molecular flexibility index (Phi) is 5.59. The first-order valence-electron chi connectivity index (χ1n) is 10.7. The number of nitrogens with zero attached hydrogens (tertiary/aromatic N) is 5. The second kappa shape index (κ2) is 8.34. The first-order chi connectivity index (χ1) is 14.9. The van der Waals surface area contributed by atoms with Gasteiger partial charge in [-0.1, -0.05) is 18.2 Å². The highest BCUT2D eigenvalue weighted by molar-refractivity contribution is 6.07. The van der Waals surface area contributed by atoms with E-state index >= 15 is 0 Å². The molecule has 4 aromatic rings. The fourth-order valence-corrected chi connectivity index (χ4v) is 3.99. The van der Waals surface area contributed by atoms with Crippen LogP contribution in [0.1, 0.15) is 54.1 Å². The van der Waals surface area contributed by atoms with Gasteiger partial charge in [-0.15, -0.1) is 0 Å². The summed E-state index contributed by atoms with van der Waals surface area (Å²) in [5.41, 5.74) is 6.07. The molecule has 0 saturated carbocycles. The Morgan fingerprint density at radius 1 is 1.16 bits per heavy atom. The van der Waals surface area contributed by atoms with Gasteiger partial charge in [0.25, 0.3) is 5.91 Å². The summed E-state index contributed by atoms with van der Waals surface area (Å²) < 4.78 is 3.82. The molecule has 3 aromatic heterocycles. The highest BCUT2D eigenvalue weighted by Crippen LogP contribution is 2.27. The minimum atomic E-state index is -0.159. The molecule has 0 aliphatic rings. The molecular formula is C24H28N6O. The molecule has 1 N–H and O–H groups in total. The molecule has 3 heterocycles. The van der Waals surface area contributed by atoms with E-state index in [4.69, 9.17) is 4.98 Å². The van der Waals surface area contributed by atoms with E-state index in [1.54, 1.807) is 0 Å². The summed E-state index contributed by atoms with van der Waals surface area (Å²) in [5, 5.41) is 12.9. The van der Waals surface area contributed by atoms with Crippen molar-refractivity contribution < 1.29 is 4.79 Å². The molecule has 0 radical (unpaired) electrons. The molecular weight excluding hydrogens is 388 g/mol. The minimum Gasteiger partial charge on any atom is -0.345 e. The van der Waals surface area contributed by atoms with Crippen LogP contribution >= 0.6 is 0 Å². The van der Waals surface area contributed by atoms with E-state index in [1.165, 1.54) is 0 Å². The van der Waals surface area contributed by atoms with Gasteiger partial charge in [0.15, 0.2) is 0 Å². The zero-order valence-corrected chi connectivity index (χ0v) is 18.7. The maximum atomic E-state index is 13.4. The molecule has 0 saturated heterocycles. The van der Waals surface area contributed by atoms with Gasteiger partial charge in [-0.25, -0.2) is 4.98 Å². The predicted molar refractivity (Wildman–Crippen MR) is 122 cm³/mol. The summed E-state index contributed by atoms with van der Waals surface area (Å²) in [7, 11) is 0. The SMILES string of the molecule is CCn1cc(C(C)NC(=O)c2cc(-c3cnn(CC)c3C)nc3ccccc23)c(C)n1. The average Bonchev–Trinajstić information content (AvgIpc) is 3.34. The lowest BCUT2D eigenvalue weighted by atomic mass is 10.0. The molecule has 1 aromatic carbocycles. The van der Waals surface area contributed by atoms with Crippen molar-refractivity contribution in [2.75, 3.05) is 0 Å². The topological polar surface area (TPSA) is 77.6 Å². The fraction of sp³-hybridized carbons (Fsp3) is 0.333. The molecule has 7 nitrogen and oxygen atoms in total. The molecule has 0 spiro atoms. The van der Waals surface area contributed by atoms with Crippen LogP contribution in [-0.2, 0) is 13.1 Å². The van der Waals surface area contributed by atoms with Gasteiger partial charge in [0, 0.05) is 41.5 Å². The molecule has 0 bridgehead atoms. The smallest absolute Gasteiger partial charge is 0.252 e. The van der Waals surface area contributed by atoms with Crippen molar-refractivity contribution in [3.8, 4) is 11.3 Å². The van der Waals surface area contributed by atoms with Crippen LogP contribution in [0.4, 0.5) is 0 Å². The number of hydrogen-bond acceptors (Lipinski definition) is 4.